The van der Waals surface area contributed by atoms with Gasteiger partial charge in [-0.2, -0.15) is 0 Å². The number of ether oxygens (including phenoxy) is 1. The van der Waals surface area contributed by atoms with Crippen molar-refractivity contribution in [3.63, 3.8) is 0 Å². The van der Waals surface area contributed by atoms with Crippen LogP contribution in [0.5, 0.6) is 0 Å². The quantitative estimate of drug-likeness (QED) is 0.486. The van der Waals surface area contributed by atoms with Crippen molar-refractivity contribution in [2.24, 2.45) is 0 Å². The fraction of sp³-hybridized carbons (Fsp3) is 0.400. The van der Waals surface area contributed by atoms with Gasteiger partial charge in [-0.3, -0.25) is 0 Å². The van der Waals surface area contributed by atoms with E-state index in [0.29, 0.717) is 18.7 Å². The number of benzene rings is 1. The number of likely N-dealkylation sites (N-methyl/N-ethyl adjacent to an activating group) is 1. The van der Waals surface area contributed by atoms with Gasteiger partial charge in [0.05, 0.1) is 6.54 Å². The van der Waals surface area contributed by atoms with Crippen LogP contribution in [0.25, 0.3) is 0 Å². The minimum absolute atomic E-state index is 0.343. The highest BCUT2D eigenvalue weighted by atomic mass is 16.5. The summed E-state index contributed by atoms with van der Waals surface area (Å²) in [4.78, 5) is 13.4. The molecule has 0 aliphatic carbocycles. The van der Waals surface area contributed by atoms with Crippen molar-refractivity contribution in [3.8, 4) is 0 Å². The molecule has 0 bridgehead atoms. The lowest BCUT2D eigenvalue weighted by molar-refractivity contribution is -0.138. The molecule has 4 heteroatoms. The summed E-state index contributed by atoms with van der Waals surface area (Å²) in [5.74, 6) is -0.343. The van der Waals surface area contributed by atoms with E-state index in [1.54, 1.807) is 6.92 Å². The Hall–Kier alpha value is -1.97. The third kappa shape index (κ3) is 4.32. The summed E-state index contributed by atoms with van der Waals surface area (Å²) in [7, 11) is 0. The third-order valence-electron chi connectivity index (χ3n) is 2.94. The fourth-order valence-corrected chi connectivity index (χ4v) is 1.70. The van der Waals surface area contributed by atoms with Crippen molar-refractivity contribution in [3.05, 3.63) is 35.9 Å². The minimum atomic E-state index is -0.343. The second kappa shape index (κ2) is 6.83. The van der Waals surface area contributed by atoms with Gasteiger partial charge in [-0.05, 0) is 44.5 Å². The first-order chi connectivity index (χ1) is 8.95. The average molecular weight is 262 g/mol. The summed E-state index contributed by atoms with van der Waals surface area (Å²) in [5, 5.41) is 0. The Bertz CT molecular complexity index is 469. The Kier molecular flexibility index (Phi) is 5.42. The lowest BCUT2D eigenvalue weighted by Gasteiger charge is -2.23. The van der Waals surface area contributed by atoms with Gasteiger partial charge in [0, 0.05) is 23.5 Å². The highest BCUT2D eigenvalue weighted by molar-refractivity contribution is 5.86. The van der Waals surface area contributed by atoms with Gasteiger partial charge in [-0.1, -0.05) is 6.58 Å². The van der Waals surface area contributed by atoms with Crippen molar-refractivity contribution in [1.82, 2.24) is 0 Å². The molecular weight excluding hydrogens is 240 g/mol. The van der Waals surface area contributed by atoms with E-state index in [2.05, 4.69) is 18.4 Å². The molecular formula is C15H22N2O2. The van der Waals surface area contributed by atoms with E-state index >= 15 is 0 Å². The molecule has 0 fully saturated rings. The summed E-state index contributed by atoms with van der Waals surface area (Å²) in [6.45, 7) is 11.1. The van der Waals surface area contributed by atoms with E-state index in [4.69, 9.17) is 10.5 Å². The monoisotopic (exact) mass is 262 g/mol. The SMILES string of the molecule is C=C(C)C(=O)OCCN(CC)c1ccc(N)c(C)c1. The van der Waals surface area contributed by atoms with Gasteiger partial charge in [0.1, 0.15) is 6.61 Å². The Morgan fingerprint density at radius 1 is 1.47 bits per heavy atom. The molecule has 0 radical (unpaired) electrons. The van der Waals surface area contributed by atoms with Gasteiger partial charge >= 0.3 is 5.97 Å². The number of hydrogen-bond donors (Lipinski definition) is 1. The van der Waals surface area contributed by atoms with Crippen LogP contribution in [-0.2, 0) is 9.53 Å². The van der Waals surface area contributed by atoms with Gasteiger partial charge in [0.15, 0.2) is 0 Å². The molecule has 0 aliphatic rings. The zero-order chi connectivity index (χ0) is 14.4. The molecule has 0 saturated heterocycles. The molecule has 1 aromatic carbocycles. The number of esters is 1. The third-order valence-corrected chi connectivity index (χ3v) is 2.94. The predicted octanol–water partition coefficient (Wildman–Crippen LogP) is 2.52. The number of nitrogen functional groups attached to an aromatic ring is 1. The molecule has 2 N–H and O–H groups in total. The molecule has 0 spiro atoms. The van der Waals surface area contributed by atoms with Gasteiger partial charge in [0.2, 0.25) is 0 Å². The van der Waals surface area contributed by atoms with Crippen LogP contribution in [0.1, 0.15) is 19.4 Å². The van der Waals surface area contributed by atoms with Crippen molar-refractivity contribution < 1.29 is 9.53 Å². The van der Waals surface area contributed by atoms with Crippen LogP contribution >= 0.6 is 0 Å². The molecule has 0 heterocycles. The molecule has 0 aromatic heterocycles. The average Bonchev–Trinajstić information content (AvgIpc) is 2.37. The summed E-state index contributed by atoms with van der Waals surface area (Å²) >= 11 is 0. The summed E-state index contributed by atoms with van der Waals surface area (Å²) < 4.78 is 5.11. The molecule has 19 heavy (non-hydrogen) atoms. The number of nitrogens with zero attached hydrogens (tertiary/aromatic N) is 1. The van der Waals surface area contributed by atoms with Crippen molar-refractivity contribution in [1.29, 1.82) is 0 Å². The van der Waals surface area contributed by atoms with Crippen LogP contribution in [0.2, 0.25) is 0 Å². The van der Waals surface area contributed by atoms with E-state index in [9.17, 15) is 4.79 Å². The van der Waals surface area contributed by atoms with Gasteiger partial charge < -0.3 is 15.4 Å². The Morgan fingerprint density at radius 2 is 2.16 bits per heavy atom. The number of rotatable bonds is 6. The second-order valence-corrected chi connectivity index (χ2v) is 4.54. The van der Waals surface area contributed by atoms with Crippen molar-refractivity contribution >= 4 is 17.3 Å². The molecule has 0 unspecified atom stereocenters. The first kappa shape index (κ1) is 15.1. The first-order valence-electron chi connectivity index (χ1n) is 6.39. The number of aryl methyl sites for hydroxylation is 1. The highest BCUT2D eigenvalue weighted by Gasteiger charge is 2.08. The molecule has 104 valence electrons. The number of carbonyl (C=O) groups is 1. The highest BCUT2D eigenvalue weighted by Crippen LogP contribution is 2.20. The second-order valence-electron chi connectivity index (χ2n) is 4.54. The molecule has 0 atom stereocenters. The number of anilines is 2. The molecule has 0 aliphatic heterocycles. The normalized spacial score (nSPS) is 10.1. The maximum absolute atomic E-state index is 11.3. The van der Waals surface area contributed by atoms with Gasteiger partial charge in [-0.25, -0.2) is 4.79 Å². The zero-order valence-corrected chi connectivity index (χ0v) is 11.9. The Balaban J connectivity index is 2.60. The first-order valence-corrected chi connectivity index (χ1v) is 6.39. The maximum Gasteiger partial charge on any atom is 0.333 e. The minimum Gasteiger partial charge on any atom is -0.460 e. The summed E-state index contributed by atoms with van der Waals surface area (Å²) in [6, 6.07) is 5.92. The fourth-order valence-electron chi connectivity index (χ4n) is 1.70. The van der Waals surface area contributed by atoms with Crippen LogP contribution in [-0.4, -0.2) is 25.7 Å². The van der Waals surface area contributed by atoms with Crippen LogP contribution in [0, 0.1) is 6.92 Å². The van der Waals surface area contributed by atoms with Gasteiger partial charge in [0.25, 0.3) is 0 Å². The van der Waals surface area contributed by atoms with E-state index in [-0.39, 0.29) is 5.97 Å². The molecule has 1 aromatic rings. The van der Waals surface area contributed by atoms with Crippen LogP contribution < -0.4 is 10.6 Å². The van der Waals surface area contributed by atoms with E-state index < -0.39 is 0 Å². The largest absolute Gasteiger partial charge is 0.460 e. The number of hydrogen-bond acceptors (Lipinski definition) is 4. The van der Waals surface area contributed by atoms with Crippen LogP contribution in [0.4, 0.5) is 11.4 Å². The summed E-state index contributed by atoms with van der Waals surface area (Å²) in [6.07, 6.45) is 0. The Labute approximate surface area is 114 Å². The molecule has 1 rings (SSSR count). The Morgan fingerprint density at radius 3 is 2.68 bits per heavy atom. The van der Waals surface area contributed by atoms with Crippen molar-refractivity contribution in [2.45, 2.75) is 20.8 Å². The van der Waals surface area contributed by atoms with Crippen molar-refractivity contribution in [2.75, 3.05) is 30.3 Å². The predicted molar refractivity (Wildman–Crippen MR) is 79.3 cm³/mol. The number of nitrogens with two attached hydrogens (primary N) is 1. The standard InChI is InChI=1S/C15H22N2O2/c1-5-17(8-9-19-15(18)11(2)3)13-6-7-14(16)12(4)10-13/h6-7,10H,2,5,8-9,16H2,1,3-4H3. The molecule has 0 amide bonds. The van der Waals surface area contributed by atoms with Gasteiger partial charge in [-0.15, -0.1) is 0 Å². The van der Waals surface area contributed by atoms with Crippen LogP contribution in [0.15, 0.2) is 30.4 Å². The summed E-state index contributed by atoms with van der Waals surface area (Å²) in [5.41, 5.74) is 9.15. The maximum atomic E-state index is 11.3. The zero-order valence-electron chi connectivity index (χ0n) is 11.9. The van der Waals surface area contributed by atoms with E-state index in [1.807, 2.05) is 25.1 Å². The molecule has 4 nitrogen and oxygen atoms in total. The lowest BCUT2D eigenvalue weighted by atomic mass is 10.1. The smallest absolute Gasteiger partial charge is 0.333 e. The lowest BCUT2D eigenvalue weighted by Crippen LogP contribution is -2.28. The van der Waals surface area contributed by atoms with Crippen LogP contribution in [0.3, 0.4) is 0 Å². The topological polar surface area (TPSA) is 55.6 Å². The number of carbonyl (C=O) groups excluding carboxylic acids is 1. The van der Waals surface area contributed by atoms with E-state index in [1.165, 1.54) is 0 Å². The molecule has 0 saturated carbocycles. The van der Waals surface area contributed by atoms with E-state index in [0.717, 1.165) is 23.5 Å².